The molecule has 0 saturated carbocycles. The molecule has 1 aliphatic heterocycles. The second-order valence-electron chi connectivity index (χ2n) is 5.14. The van der Waals surface area contributed by atoms with Crippen LogP contribution in [0.15, 0.2) is 60.0 Å². The maximum Gasteiger partial charge on any atom is 0.295 e. The van der Waals surface area contributed by atoms with Gasteiger partial charge in [0.05, 0.1) is 11.6 Å². The molecule has 0 fully saturated rings. The number of hydrogen-bond donors (Lipinski definition) is 1. The fourth-order valence-electron chi connectivity index (χ4n) is 2.66. The van der Waals surface area contributed by atoms with Crippen LogP contribution in [-0.4, -0.2) is 21.8 Å². The number of halogens is 1. The summed E-state index contributed by atoms with van der Waals surface area (Å²) in [5.74, 6) is -1.86. The number of pyridine rings is 1. The zero-order valence-electron chi connectivity index (χ0n) is 12.2. The maximum absolute atomic E-state index is 13.2. The molecule has 3 rings (SSSR count). The predicted molar refractivity (Wildman–Crippen MR) is 81.2 cm³/mol. The van der Waals surface area contributed by atoms with Crippen molar-refractivity contribution in [3.05, 3.63) is 71.4 Å². The SMILES string of the molecule is CC(=O)C1=C(O)C(=O)N(c2ccccn2)C1c1ccc(F)cc1. The fraction of sp³-hybridized carbons (Fsp3) is 0.118. The van der Waals surface area contributed by atoms with Crippen molar-refractivity contribution in [3.63, 3.8) is 0 Å². The summed E-state index contributed by atoms with van der Waals surface area (Å²) < 4.78 is 13.2. The molecule has 23 heavy (non-hydrogen) atoms. The Morgan fingerprint density at radius 2 is 1.91 bits per heavy atom. The average molecular weight is 312 g/mol. The van der Waals surface area contributed by atoms with Crippen LogP contribution in [0.2, 0.25) is 0 Å². The van der Waals surface area contributed by atoms with Crippen LogP contribution >= 0.6 is 0 Å². The molecule has 1 N–H and O–H groups in total. The summed E-state index contributed by atoms with van der Waals surface area (Å²) in [6.45, 7) is 1.28. The fourth-order valence-corrected chi connectivity index (χ4v) is 2.66. The van der Waals surface area contributed by atoms with Crippen LogP contribution in [0.5, 0.6) is 0 Å². The Labute approximate surface area is 131 Å². The Morgan fingerprint density at radius 3 is 2.48 bits per heavy atom. The van der Waals surface area contributed by atoms with E-state index in [-0.39, 0.29) is 5.57 Å². The molecule has 1 atom stereocenters. The minimum Gasteiger partial charge on any atom is -0.503 e. The minimum atomic E-state index is -0.838. The highest BCUT2D eigenvalue weighted by Gasteiger charge is 2.43. The number of nitrogens with zero attached hydrogens (tertiary/aromatic N) is 2. The van der Waals surface area contributed by atoms with Gasteiger partial charge in [0.1, 0.15) is 11.6 Å². The average Bonchev–Trinajstić information content (AvgIpc) is 2.81. The van der Waals surface area contributed by atoms with Crippen LogP contribution in [0.1, 0.15) is 18.5 Å². The van der Waals surface area contributed by atoms with E-state index in [0.29, 0.717) is 11.4 Å². The number of hydrogen-bond acceptors (Lipinski definition) is 4. The number of ketones is 1. The third-order valence-corrected chi connectivity index (χ3v) is 3.67. The zero-order chi connectivity index (χ0) is 16.6. The van der Waals surface area contributed by atoms with Crippen molar-refractivity contribution in [1.29, 1.82) is 0 Å². The molecular formula is C17H13FN2O3. The molecule has 0 aliphatic carbocycles. The lowest BCUT2D eigenvalue weighted by Crippen LogP contribution is -2.31. The van der Waals surface area contributed by atoms with Crippen molar-refractivity contribution in [2.24, 2.45) is 0 Å². The number of aliphatic hydroxyl groups excluding tert-OH is 1. The molecule has 0 bridgehead atoms. The first-order valence-corrected chi connectivity index (χ1v) is 6.95. The van der Waals surface area contributed by atoms with Gasteiger partial charge < -0.3 is 5.11 Å². The Balaban J connectivity index is 2.17. The summed E-state index contributed by atoms with van der Waals surface area (Å²) >= 11 is 0. The molecule has 2 aromatic rings. The van der Waals surface area contributed by atoms with Gasteiger partial charge in [-0.2, -0.15) is 0 Å². The predicted octanol–water partition coefficient (Wildman–Crippen LogP) is 2.71. The van der Waals surface area contributed by atoms with E-state index in [9.17, 15) is 19.1 Å². The monoisotopic (exact) mass is 312 g/mol. The second-order valence-corrected chi connectivity index (χ2v) is 5.14. The molecule has 0 radical (unpaired) electrons. The molecule has 1 unspecified atom stereocenters. The van der Waals surface area contributed by atoms with E-state index in [0.717, 1.165) is 0 Å². The number of anilines is 1. The van der Waals surface area contributed by atoms with E-state index in [4.69, 9.17) is 0 Å². The molecule has 1 aromatic carbocycles. The first kappa shape index (κ1) is 14.9. The summed E-state index contributed by atoms with van der Waals surface area (Å²) in [7, 11) is 0. The van der Waals surface area contributed by atoms with Crippen molar-refractivity contribution in [2.45, 2.75) is 13.0 Å². The quantitative estimate of drug-likeness (QED) is 0.946. The van der Waals surface area contributed by atoms with Crippen molar-refractivity contribution in [3.8, 4) is 0 Å². The lowest BCUT2D eigenvalue weighted by molar-refractivity contribution is -0.117. The Kier molecular flexibility index (Phi) is 3.65. The standard InChI is InChI=1S/C17H13FN2O3/c1-10(21)14-15(11-5-7-12(18)8-6-11)20(17(23)16(14)22)13-4-2-3-9-19-13/h2-9,15,22H,1H3. The van der Waals surface area contributed by atoms with Gasteiger partial charge in [-0.1, -0.05) is 18.2 Å². The molecule has 0 saturated heterocycles. The number of aromatic nitrogens is 1. The van der Waals surface area contributed by atoms with Crippen LogP contribution in [0.3, 0.4) is 0 Å². The molecule has 116 valence electrons. The molecule has 1 aliphatic rings. The summed E-state index contributed by atoms with van der Waals surface area (Å²) in [6, 6.07) is 9.58. The van der Waals surface area contributed by atoms with Gasteiger partial charge >= 0.3 is 0 Å². The lowest BCUT2D eigenvalue weighted by Gasteiger charge is -2.25. The van der Waals surface area contributed by atoms with Gasteiger partial charge in [0.2, 0.25) is 0 Å². The number of amides is 1. The molecule has 0 spiro atoms. The normalized spacial score (nSPS) is 17.7. The summed E-state index contributed by atoms with van der Waals surface area (Å²) in [5, 5.41) is 10.1. The van der Waals surface area contributed by atoms with Gasteiger partial charge in [-0.3, -0.25) is 14.5 Å². The van der Waals surface area contributed by atoms with Gasteiger partial charge in [0.25, 0.3) is 5.91 Å². The van der Waals surface area contributed by atoms with Gasteiger partial charge in [0, 0.05) is 6.20 Å². The van der Waals surface area contributed by atoms with Crippen molar-refractivity contribution >= 4 is 17.5 Å². The van der Waals surface area contributed by atoms with Crippen molar-refractivity contribution in [2.75, 3.05) is 4.90 Å². The first-order chi connectivity index (χ1) is 11.0. The summed E-state index contributed by atoms with van der Waals surface area (Å²) in [6.07, 6.45) is 1.51. The zero-order valence-corrected chi connectivity index (χ0v) is 12.2. The van der Waals surface area contributed by atoms with Crippen LogP contribution in [0, 0.1) is 5.82 Å². The molecule has 1 aromatic heterocycles. The number of aliphatic hydroxyl groups is 1. The highest BCUT2D eigenvalue weighted by molar-refractivity contribution is 6.15. The van der Waals surface area contributed by atoms with E-state index in [2.05, 4.69) is 4.98 Å². The highest BCUT2D eigenvalue weighted by atomic mass is 19.1. The number of carbonyl (C=O) groups excluding carboxylic acids is 2. The third-order valence-electron chi connectivity index (χ3n) is 3.67. The topological polar surface area (TPSA) is 70.5 Å². The number of carbonyl (C=O) groups is 2. The molecule has 5 nitrogen and oxygen atoms in total. The first-order valence-electron chi connectivity index (χ1n) is 6.95. The second kappa shape index (κ2) is 5.64. The van der Waals surface area contributed by atoms with Crippen LogP contribution < -0.4 is 4.90 Å². The largest absolute Gasteiger partial charge is 0.503 e. The van der Waals surface area contributed by atoms with E-state index in [1.165, 1.54) is 42.3 Å². The van der Waals surface area contributed by atoms with E-state index < -0.39 is 29.3 Å². The molecular weight excluding hydrogens is 299 g/mol. The van der Waals surface area contributed by atoms with Crippen molar-refractivity contribution in [1.82, 2.24) is 4.98 Å². The minimum absolute atomic E-state index is 0.0211. The van der Waals surface area contributed by atoms with Gasteiger partial charge in [0.15, 0.2) is 11.5 Å². The molecule has 2 heterocycles. The van der Waals surface area contributed by atoms with Crippen LogP contribution in [-0.2, 0) is 9.59 Å². The Bertz CT molecular complexity index is 800. The molecule has 6 heteroatoms. The highest BCUT2D eigenvalue weighted by Crippen LogP contribution is 2.39. The van der Waals surface area contributed by atoms with Gasteiger partial charge in [-0.15, -0.1) is 0 Å². The number of rotatable bonds is 3. The summed E-state index contributed by atoms with van der Waals surface area (Å²) in [5.41, 5.74) is 0.493. The lowest BCUT2D eigenvalue weighted by atomic mass is 9.97. The third kappa shape index (κ3) is 2.48. The maximum atomic E-state index is 13.2. The summed E-state index contributed by atoms with van der Waals surface area (Å²) in [4.78, 5) is 29.7. The van der Waals surface area contributed by atoms with Gasteiger partial charge in [-0.25, -0.2) is 9.37 Å². The Morgan fingerprint density at radius 1 is 1.22 bits per heavy atom. The van der Waals surface area contributed by atoms with Crippen LogP contribution in [0.4, 0.5) is 10.2 Å². The Hall–Kier alpha value is -3.02. The van der Waals surface area contributed by atoms with Crippen LogP contribution in [0.25, 0.3) is 0 Å². The number of benzene rings is 1. The van der Waals surface area contributed by atoms with E-state index in [1.54, 1.807) is 18.2 Å². The van der Waals surface area contributed by atoms with E-state index in [1.807, 2.05) is 0 Å². The van der Waals surface area contributed by atoms with Gasteiger partial charge in [-0.05, 0) is 36.8 Å². The number of Topliss-reactive ketones (excluding diaryl/α,β-unsaturated/α-hetero) is 1. The molecule has 1 amide bonds. The van der Waals surface area contributed by atoms with Crippen molar-refractivity contribution < 1.29 is 19.1 Å². The van der Waals surface area contributed by atoms with E-state index >= 15 is 0 Å². The smallest absolute Gasteiger partial charge is 0.295 e.